The number of H-pyrrole nitrogens is 1. The molecule has 1 N–H and O–H groups in total. The minimum atomic E-state index is -0.330. The van der Waals surface area contributed by atoms with Gasteiger partial charge in [0.2, 0.25) is 0 Å². The third-order valence-corrected chi connectivity index (χ3v) is 1.68. The molecule has 0 aliphatic carbocycles. The summed E-state index contributed by atoms with van der Waals surface area (Å²) in [5.74, 6) is 0.754. The molecule has 0 saturated heterocycles. The first-order valence-corrected chi connectivity index (χ1v) is 4.07. The summed E-state index contributed by atoms with van der Waals surface area (Å²) in [5, 5.41) is 0. The second-order valence-corrected chi connectivity index (χ2v) is 3.22. The van der Waals surface area contributed by atoms with E-state index in [9.17, 15) is 4.39 Å². The quantitative estimate of drug-likeness (QED) is 0.697. The Balaban J connectivity index is 2.61. The Morgan fingerprint density at radius 3 is 3.00 bits per heavy atom. The van der Waals surface area contributed by atoms with Crippen molar-refractivity contribution in [2.45, 2.75) is 6.42 Å². The van der Waals surface area contributed by atoms with Crippen LogP contribution < -0.4 is 3.71 Å². The van der Waals surface area contributed by atoms with Gasteiger partial charge in [-0.25, -0.2) is 0 Å². The molecule has 1 rings (SSSR count). The van der Waals surface area contributed by atoms with Crippen LogP contribution in [0.15, 0.2) is 6.20 Å². The van der Waals surface area contributed by atoms with Crippen LogP contribution in [0.1, 0.15) is 5.82 Å². The molecule has 0 atom stereocenters. The fourth-order valence-electron chi connectivity index (χ4n) is 0.579. The SMILES string of the molecule is FCCc1nc[c]([Sn])[nH]1. The zero-order chi connectivity index (χ0) is 6.69. The van der Waals surface area contributed by atoms with Crippen molar-refractivity contribution < 1.29 is 4.39 Å². The Labute approximate surface area is 66.0 Å². The molecule has 9 heavy (non-hydrogen) atoms. The van der Waals surface area contributed by atoms with Gasteiger partial charge >= 0.3 is 65.7 Å². The summed E-state index contributed by atoms with van der Waals surface area (Å²) in [7, 11) is 0. The number of aromatic nitrogens is 2. The summed E-state index contributed by atoms with van der Waals surface area (Å²) in [4.78, 5) is 6.90. The van der Waals surface area contributed by atoms with Crippen molar-refractivity contribution in [2.24, 2.45) is 0 Å². The van der Waals surface area contributed by atoms with Crippen molar-refractivity contribution in [3.8, 4) is 0 Å². The first-order valence-electron chi connectivity index (χ1n) is 2.64. The summed E-state index contributed by atoms with van der Waals surface area (Å²) >= 11 is 1.29. The molecular weight excluding hydrogens is 226 g/mol. The summed E-state index contributed by atoms with van der Waals surface area (Å²) in [6, 6.07) is 0. The Kier molecular flexibility index (Phi) is 2.50. The Hall–Kier alpha value is -0.0613. The molecule has 1 aromatic rings. The van der Waals surface area contributed by atoms with Gasteiger partial charge in [-0.3, -0.25) is 0 Å². The van der Waals surface area contributed by atoms with Crippen molar-refractivity contribution in [2.75, 3.05) is 6.67 Å². The van der Waals surface area contributed by atoms with Gasteiger partial charge in [-0.05, 0) is 0 Å². The molecular formula is C5H6FN2Sn. The first kappa shape index (κ1) is 7.05. The van der Waals surface area contributed by atoms with Gasteiger partial charge in [0.05, 0.1) is 0 Å². The average molecular weight is 232 g/mol. The van der Waals surface area contributed by atoms with Crippen molar-refractivity contribution in [1.29, 1.82) is 0 Å². The third kappa shape index (κ3) is 1.96. The minimum absolute atomic E-state index is 0.330. The Morgan fingerprint density at radius 2 is 2.56 bits per heavy atom. The monoisotopic (exact) mass is 233 g/mol. The predicted octanol–water partition coefficient (Wildman–Crippen LogP) is -0.285. The predicted molar refractivity (Wildman–Crippen MR) is 33.7 cm³/mol. The van der Waals surface area contributed by atoms with Crippen LogP contribution >= 0.6 is 0 Å². The molecule has 4 heteroatoms. The van der Waals surface area contributed by atoms with Gasteiger partial charge < -0.3 is 0 Å². The molecule has 0 aromatic carbocycles. The molecule has 1 heterocycles. The van der Waals surface area contributed by atoms with E-state index in [-0.39, 0.29) is 6.67 Å². The van der Waals surface area contributed by atoms with E-state index in [0.717, 1.165) is 9.53 Å². The number of aromatic amines is 1. The maximum absolute atomic E-state index is 11.6. The number of nitrogens with one attached hydrogen (secondary N) is 1. The van der Waals surface area contributed by atoms with Crippen LogP contribution in [0.4, 0.5) is 4.39 Å². The summed E-state index contributed by atoms with van der Waals surface area (Å²) in [6.45, 7) is -0.330. The van der Waals surface area contributed by atoms with Crippen LogP contribution in [0.5, 0.6) is 0 Å². The van der Waals surface area contributed by atoms with Gasteiger partial charge in [-0.1, -0.05) is 0 Å². The first-order chi connectivity index (χ1) is 4.33. The molecule has 0 amide bonds. The van der Waals surface area contributed by atoms with E-state index in [0.29, 0.717) is 6.42 Å². The second-order valence-electron chi connectivity index (χ2n) is 1.68. The molecule has 0 spiro atoms. The normalized spacial score (nSPS) is 10.0. The number of rotatable bonds is 2. The maximum atomic E-state index is 11.6. The van der Waals surface area contributed by atoms with E-state index in [4.69, 9.17) is 0 Å². The summed E-state index contributed by atoms with van der Waals surface area (Å²) in [5.41, 5.74) is 0. The number of hydrogen-bond donors (Lipinski definition) is 1. The number of hydrogen-bond acceptors (Lipinski definition) is 1. The van der Waals surface area contributed by atoms with Crippen molar-refractivity contribution >= 4 is 26.2 Å². The zero-order valence-electron chi connectivity index (χ0n) is 4.82. The van der Waals surface area contributed by atoms with Crippen molar-refractivity contribution in [3.63, 3.8) is 0 Å². The van der Waals surface area contributed by atoms with Gasteiger partial charge in [-0.2, -0.15) is 0 Å². The summed E-state index contributed by atoms with van der Waals surface area (Å²) in [6.07, 6.45) is 2.15. The van der Waals surface area contributed by atoms with Crippen LogP contribution in [0, 0.1) is 0 Å². The van der Waals surface area contributed by atoms with E-state index in [1.54, 1.807) is 6.20 Å². The fourth-order valence-corrected chi connectivity index (χ4v) is 1.18. The van der Waals surface area contributed by atoms with Crippen molar-refractivity contribution in [1.82, 2.24) is 9.97 Å². The van der Waals surface area contributed by atoms with E-state index >= 15 is 0 Å². The zero-order valence-corrected chi connectivity index (χ0v) is 7.67. The van der Waals surface area contributed by atoms with Crippen LogP contribution in [0.2, 0.25) is 0 Å². The molecule has 3 radical (unpaired) electrons. The Bertz CT molecular complexity index is 187. The van der Waals surface area contributed by atoms with Gasteiger partial charge in [0, 0.05) is 0 Å². The van der Waals surface area contributed by atoms with Gasteiger partial charge in [0.15, 0.2) is 0 Å². The molecule has 2 nitrogen and oxygen atoms in total. The van der Waals surface area contributed by atoms with E-state index in [1.165, 1.54) is 22.5 Å². The van der Waals surface area contributed by atoms with Crippen LogP contribution in [0.3, 0.4) is 0 Å². The molecule has 47 valence electrons. The van der Waals surface area contributed by atoms with Crippen LogP contribution in [-0.4, -0.2) is 39.2 Å². The standard InChI is InChI=1S/C5H6FN2.Sn/c6-2-1-5-7-3-4-8-5;/h3H,1-2H2,(H,7,8);. The van der Waals surface area contributed by atoms with Crippen LogP contribution in [0.25, 0.3) is 0 Å². The van der Waals surface area contributed by atoms with Gasteiger partial charge in [0.1, 0.15) is 0 Å². The van der Waals surface area contributed by atoms with Crippen LogP contribution in [-0.2, 0) is 6.42 Å². The molecule has 0 aliphatic heterocycles. The fraction of sp³-hybridized carbons (Fsp3) is 0.400. The van der Waals surface area contributed by atoms with E-state index in [1.807, 2.05) is 0 Å². The molecule has 0 fully saturated rings. The molecule has 1 aromatic heterocycles. The topological polar surface area (TPSA) is 28.7 Å². The average Bonchev–Trinajstić information content (AvgIpc) is 2.17. The molecule has 0 unspecified atom stereocenters. The second kappa shape index (κ2) is 3.19. The van der Waals surface area contributed by atoms with E-state index in [2.05, 4.69) is 9.97 Å². The number of alkyl halides is 1. The third-order valence-electron chi connectivity index (χ3n) is 0.960. The van der Waals surface area contributed by atoms with E-state index < -0.39 is 0 Å². The van der Waals surface area contributed by atoms with Gasteiger partial charge in [0.25, 0.3) is 0 Å². The molecule has 0 aliphatic rings. The molecule has 0 bridgehead atoms. The number of aryl methyl sites for hydroxylation is 1. The molecule has 0 saturated carbocycles. The summed E-state index contributed by atoms with van der Waals surface area (Å²) < 4.78 is 12.7. The number of halogens is 1. The van der Waals surface area contributed by atoms with Crippen molar-refractivity contribution in [3.05, 3.63) is 12.0 Å². The number of imidazole rings is 1. The van der Waals surface area contributed by atoms with Gasteiger partial charge in [-0.15, -0.1) is 0 Å². The number of nitrogens with zero attached hydrogens (tertiary/aromatic N) is 1. The Morgan fingerprint density at radius 1 is 1.78 bits per heavy atom.